The topological polar surface area (TPSA) is 54.8 Å². The zero-order valence-electron chi connectivity index (χ0n) is 16.8. The van der Waals surface area contributed by atoms with Gasteiger partial charge >= 0.3 is 0 Å². The second-order valence-corrected chi connectivity index (χ2v) is 8.18. The van der Waals surface area contributed by atoms with E-state index in [9.17, 15) is 5.11 Å². The van der Waals surface area contributed by atoms with Gasteiger partial charge in [-0.2, -0.15) is 0 Å². The van der Waals surface area contributed by atoms with Crippen molar-refractivity contribution in [3.8, 4) is 5.75 Å². The Kier molecular flexibility index (Phi) is 5.67. The molecule has 1 saturated carbocycles. The number of fused-ring (bicyclic) bond motifs is 1. The maximum atomic E-state index is 11.5. The average Bonchev–Trinajstić information content (AvgIpc) is 3.24. The summed E-state index contributed by atoms with van der Waals surface area (Å²) in [5.41, 5.74) is 2.45. The number of aliphatic hydroxyl groups is 1. The number of aryl methyl sites for hydroxylation is 1. The summed E-state index contributed by atoms with van der Waals surface area (Å²) < 4.78 is 10.7. The quantitative estimate of drug-likeness (QED) is 0.746. The fourth-order valence-corrected chi connectivity index (χ4v) is 4.94. The summed E-state index contributed by atoms with van der Waals surface area (Å²) >= 11 is 0. The highest BCUT2D eigenvalue weighted by molar-refractivity contribution is 5.29. The third kappa shape index (κ3) is 3.79. The van der Waals surface area contributed by atoms with Crippen LogP contribution in [0.3, 0.4) is 0 Å². The Labute approximate surface area is 167 Å². The third-order valence-corrected chi connectivity index (χ3v) is 6.33. The van der Waals surface area contributed by atoms with E-state index in [1.807, 2.05) is 18.2 Å². The van der Waals surface area contributed by atoms with E-state index >= 15 is 0 Å². The van der Waals surface area contributed by atoms with E-state index in [0.29, 0.717) is 19.1 Å². The molecule has 2 fully saturated rings. The highest BCUT2D eigenvalue weighted by atomic mass is 16.5. The Hall–Kier alpha value is -1.95. The fraction of sp³-hybridized carbons (Fsp3) is 0.522. The van der Waals surface area contributed by atoms with Crippen LogP contribution in [-0.4, -0.2) is 48.4 Å². The van der Waals surface area contributed by atoms with Gasteiger partial charge in [-0.1, -0.05) is 18.2 Å². The van der Waals surface area contributed by atoms with Gasteiger partial charge in [0.25, 0.3) is 0 Å². The largest absolute Gasteiger partial charge is 0.491 e. The van der Waals surface area contributed by atoms with Crippen molar-refractivity contribution in [2.45, 2.75) is 31.9 Å². The SMILES string of the molecule is COCCOc1ccc(CN2C[C@H]3CC[C@](O)(c4ncccc4C)[C@H]3C2)cc1. The molecule has 1 aromatic heterocycles. The Morgan fingerprint density at radius 1 is 1.18 bits per heavy atom. The Bertz CT molecular complexity index is 795. The molecule has 1 aliphatic carbocycles. The third-order valence-electron chi connectivity index (χ3n) is 6.33. The lowest BCUT2D eigenvalue weighted by Gasteiger charge is -2.31. The van der Waals surface area contributed by atoms with E-state index in [0.717, 1.165) is 49.5 Å². The first-order valence-electron chi connectivity index (χ1n) is 10.2. The van der Waals surface area contributed by atoms with Gasteiger partial charge in [-0.3, -0.25) is 9.88 Å². The molecule has 0 unspecified atom stereocenters. The molecule has 1 N–H and O–H groups in total. The number of ether oxygens (including phenoxy) is 2. The van der Waals surface area contributed by atoms with Gasteiger partial charge in [0, 0.05) is 38.9 Å². The Morgan fingerprint density at radius 2 is 2.00 bits per heavy atom. The second kappa shape index (κ2) is 8.19. The highest BCUT2D eigenvalue weighted by Crippen LogP contribution is 2.50. The first-order chi connectivity index (χ1) is 13.6. The van der Waals surface area contributed by atoms with Crippen LogP contribution in [0.2, 0.25) is 0 Å². The molecule has 0 amide bonds. The van der Waals surface area contributed by atoms with Gasteiger partial charge in [-0.05, 0) is 55.0 Å². The normalized spacial score (nSPS) is 27.1. The molecule has 28 heavy (non-hydrogen) atoms. The number of pyridine rings is 1. The molecule has 2 aromatic rings. The number of hydrogen-bond donors (Lipinski definition) is 1. The van der Waals surface area contributed by atoms with E-state index in [1.54, 1.807) is 13.3 Å². The van der Waals surface area contributed by atoms with Crippen molar-refractivity contribution in [1.29, 1.82) is 0 Å². The molecule has 1 aromatic carbocycles. The number of rotatable bonds is 7. The van der Waals surface area contributed by atoms with Crippen molar-refractivity contribution in [3.05, 3.63) is 59.4 Å². The summed E-state index contributed by atoms with van der Waals surface area (Å²) in [7, 11) is 1.67. The zero-order chi connectivity index (χ0) is 19.6. The number of methoxy groups -OCH3 is 1. The van der Waals surface area contributed by atoms with Gasteiger partial charge in [0.2, 0.25) is 0 Å². The van der Waals surface area contributed by atoms with Crippen LogP contribution in [0, 0.1) is 18.8 Å². The summed E-state index contributed by atoms with van der Waals surface area (Å²) in [6, 6.07) is 12.3. The van der Waals surface area contributed by atoms with Crippen molar-refractivity contribution in [3.63, 3.8) is 0 Å². The molecular formula is C23H30N2O3. The average molecular weight is 383 g/mol. The smallest absolute Gasteiger partial charge is 0.119 e. The molecule has 150 valence electrons. The van der Waals surface area contributed by atoms with Gasteiger partial charge in [0.05, 0.1) is 12.3 Å². The lowest BCUT2D eigenvalue weighted by molar-refractivity contribution is -0.0114. The summed E-state index contributed by atoms with van der Waals surface area (Å²) in [5.74, 6) is 1.68. The summed E-state index contributed by atoms with van der Waals surface area (Å²) in [6.07, 6.45) is 3.69. The molecule has 2 aliphatic rings. The molecule has 1 saturated heterocycles. The molecule has 5 heteroatoms. The van der Waals surface area contributed by atoms with E-state index in [4.69, 9.17) is 9.47 Å². The number of aromatic nitrogens is 1. The second-order valence-electron chi connectivity index (χ2n) is 8.18. The van der Waals surface area contributed by atoms with Crippen LogP contribution in [0.5, 0.6) is 5.75 Å². The van der Waals surface area contributed by atoms with Crippen molar-refractivity contribution in [1.82, 2.24) is 9.88 Å². The summed E-state index contributed by atoms with van der Waals surface area (Å²) in [4.78, 5) is 7.02. The van der Waals surface area contributed by atoms with Gasteiger partial charge in [-0.25, -0.2) is 0 Å². The Balaban J connectivity index is 1.40. The first kappa shape index (κ1) is 19.4. The Morgan fingerprint density at radius 3 is 2.75 bits per heavy atom. The zero-order valence-corrected chi connectivity index (χ0v) is 16.8. The lowest BCUT2D eigenvalue weighted by atomic mass is 9.83. The molecule has 3 atom stereocenters. The molecule has 1 aliphatic heterocycles. The number of nitrogens with zero attached hydrogens (tertiary/aromatic N) is 2. The fourth-order valence-electron chi connectivity index (χ4n) is 4.94. The predicted molar refractivity (Wildman–Crippen MR) is 108 cm³/mol. The van der Waals surface area contributed by atoms with Gasteiger partial charge in [0.1, 0.15) is 18.0 Å². The minimum atomic E-state index is -0.788. The van der Waals surface area contributed by atoms with Crippen LogP contribution in [0.25, 0.3) is 0 Å². The highest BCUT2D eigenvalue weighted by Gasteiger charge is 2.53. The molecule has 5 nitrogen and oxygen atoms in total. The van der Waals surface area contributed by atoms with Gasteiger partial charge in [0.15, 0.2) is 0 Å². The number of likely N-dealkylation sites (tertiary alicyclic amines) is 1. The summed E-state index contributed by atoms with van der Waals surface area (Å²) in [6.45, 7) is 6.08. The molecule has 4 rings (SSSR count). The molecular weight excluding hydrogens is 352 g/mol. The van der Waals surface area contributed by atoms with E-state index in [-0.39, 0.29) is 5.92 Å². The summed E-state index contributed by atoms with van der Waals surface area (Å²) in [5, 5.41) is 11.5. The molecule has 0 bridgehead atoms. The van der Waals surface area contributed by atoms with Crippen LogP contribution in [-0.2, 0) is 16.9 Å². The van der Waals surface area contributed by atoms with Crippen molar-refractivity contribution >= 4 is 0 Å². The van der Waals surface area contributed by atoms with E-state index in [1.165, 1.54) is 5.56 Å². The number of hydrogen-bond acceptors (Lipinski definition) is 5. The maximum Gasteiger partial charge on any atom is 0.119 e. The lowest BCUT2D eigenvalue weighted by Crippen LogP contribution is -2.36. The molecule has 0 spiro atoms. The van der Waals surface area contributed by atoms with Crippen LogP contribution < -0.4 is 4.74 Å². The molecule has 0 radical (unpaired) electrons. The standard InChI is InChI=1S/C23H30N2O3/c1-17-4-3-11-24-22(17)23(26)10-9-19-15-25(16-21(19)23)14-18-5-7-20(8-6-18)28-13-12-27-2/h3-8,11,19,21,26H,9-10,12-16H2,1-2H3/t19-,21+,23-/m1/s1. The predicted octanol–water partition coefficient (Wildman–Crippen LogP) is 3.14. The van der Waals surface area contributed by atoms with Crippen LogP contribution in [0.4, 0.5) is 0 Å². The van der Waals surface area contributed by atoms with Crippen LogP contribution in [0.15, 0.2) is 42.6 Å². The van der Waals surface area contributed by atoms with Crippen molar-refractivity contribution < 1.29 is 14.6 Å². The maximum absolute atomic E-state index is 11.5. The van der Waals surface area contributed by atoms with Crippen LogP contribution >= 0.6 is 0 Å². The minimum Gasteiger partial charge on any atom is -0.491 e. The first-order valence-corrected chi connectivity index (χ1v) is 10.2. The molecule has 2 heterocycles. The van der Waals surface area contributed by atoms with E-state index in [2.05, 4.69) is 35.0 Å². The van der Waals surface area contributed by atoms with Gasteiger partial charge in [-0.15, -0.1) is 0 Å². The van der Waals surface area contributed by atoms with Crippen molar-refractivity contribution in [2.24, 2.45) is 11.8 Å². The number of benzene rings is 1. The van der Waals surface area contributed by atoms with Gasteiger partial charge < -0.3 is 14.6 Å². The minimum absolute atomic E-state index is 0.262. The monoisotopic (exact) mass is 382 g/mol. The van der Waals surface area contributed by atoms with Crippen LogP contribution in [0.1, 0.15) is 29.7 Å². The van der Waals surface area contributed by atoms with E-state index < -0.39 is 5.60 Å². The van der Waals surface area contributed by atoms with Crippen molar-refractivity contribution in [2.75, 3.05) is 33.4 Å².